The van der Waals surface area contributed by atoms with Crippen molar-refractivity contribution in [2.45, 2.75) is 12.8 Å². The Morgan fingerprint density at radius 3 is 2.62 bits per heavy atom. The van der Waals surface area contributed by atoms with E-state index in [9.17, 15) is 9.59 Å². The average Bonchev–Trinajstić information content (AvgIpc) is 3.30. The van der Waals surface area contributed by atoms with Crippen molar-refractivity contribution in [3.63, 3.8) is 0 Å². The smallest absolute Gasteiger partial charge is 0.314 e. The number of nitriles is 1. The van der Waals surface area contributed by atoms with Crippen LogP contribution in [-0.2, 0) is 9.59 Å². The Balaban J connectivity index is 2.25. The number of nitrogens with zero attached hydrogens (tertiary/aromatic N) is 1. The van der Waals surface area contributed by atoms with Gasteiger partial charge in [-0.2, -0.15) is 5.26 Å². The molecule has 21 heavy (non-hydrogen) atoms. The van der Waals surface area contributed by atoms with Gasteiger partial charge in [0, 0.05) is 0 Å². The zero-order valence-electron chi connectivity index (χ0n) is 11.5. The van der Waals surface area contributed by atoms with Gasteiger partial charge in [0.2, 0.25) is 0 Å². The maximum atomic E-state index is 11.6. The topological polar surface area (TPSA) is 102 Å². The molecule has 1 aromatic carbocycles. The minimum atomic E-state index is -0.805. The fraction of sp³-hybridized carbons (Fsp3) is 0.267. The molecular weight excluding hydrogens is 272 g/mol. The van der Waals surface area contributed by atoms with Gasteiger partial charge < -0.3 is 15.2 Å². The Hall–Kier alpha value is -2.81. The normalized spacial score (nSPS) is 14.2. The number of methoxy groups -OCH3 is 1. The number of nitrogens with two attached hydrogens (primary N) is 1. The number of carbonyl (C=O) groups is 2. The summed E-state index contributed by atoms with van der Waals surface area (Å²) in [5.74, 6) is -0.440. The van der Waals surface area contributed by atoms with Gasteiger partial charge in [0.1, 0.15) is 11.6 Å². The molecule has 108 valence electrons. The monoisotopic (exact) mass is 286 g/mol. The van der Waals surface area contributed by atoms with Gasteiger partial charge in [-0.05, 0) is 36.6 Å². The van der Waals surface area contributed by atoms with Crippen LogP contribution in [0.3, 0.4) is 0 Å². The summed E-state index contributed by atoms with van der Waals surface area (Å²) in [6.07, 6.45) is 3.05. The van der Waals surface area contributed by atoms with Crippen LogP contribution < -0.4 is 15.2 Å². The van der Waals surface area contributed by atoms with E-state index < -0.39 is 5.91 Å². The first-order valence-electron chi connectivity index (χ1n) is 6.36. The Bertz CT molecular complexity index is 654. The van der Waals surface area contributed by atoms with E-state index >= 15 is 0 Å². The molecule has 0 aromatic heterocycles. The molecule has 0 bridgehead atoms. The molecule has 0 spiro atoms. The molecule has 1 aromatic rings. The SMILES string of the molecule is COc1cc(/C=C(\C#N)C(N)=O)ccc1OC(=O)C1CC1. The van der Waals surface area contributed by atoms with Crippen molar-refractivity contribution in [3.05, 3.63) is 29.3 Å². The van der Waals surface area contributed by atoms with Crippen molar-refractivity contribution in [2.75, 3.05) is 7.11 Å². The van der Waals surface area contributed by atoms with Crippen molar-refractivity contribution in [1.82, 2.24) is 0 Å². The van der Waals surface area contributed by atoms with Crippen LogP contribution in [-0.4, -0.2) is 19.0 Å². The summed E-state index contributed by atoms with van der Waals surface area (Å²) in [4.78, 5) is 22.7. The Morgan fingerprint density at radius 2 is 2.10 bits per heavy atom. The molecule has 1 aliphatic rings. The van der Waals surface area contributed by atoms with Gasteiger partial charge in [-0.1, -0.05) is 6.07 Å². The predicted molar refractivity (Wildman–Crippen MR) is 74.1 cm³/mol. The molecule has 1 fully saturated rings. The molecule has 1 aliphatic carbocycles. The van der Waals surface area contributed by atoms with Gasteiger partial charge >= 0.3 is 5.97 Å². The fourth-order valence-corrected chi connectivity index (χ4v) is 1.69. The largest absolute Gasteiger partial charge is 0.493 e. The van der Waals surface area contributed by atoms with Gasteiger partial charge in [-0.3, -0.25) is 9.59 Å². The van der Waals surface area contributed by atoms with E-state index in [4.69, 9.17) is 20.5 Å². The summed E-state index contributed by atoms with van der Waals surface area (Å²) in [6.45, 7) is 0. The minimum absolute atomic E-state index is 0.0191. The lowest BCUT2D eigenvalue weighted by Gasteiger charge is -2.09. The van der Waals surface area contributed by atoms with Crippen molar-refractivity contribution in [3.8, 4) is 17.6 Å². The number of hydrogen-bond donors (Lipinski definition) is 1. The van der Waals surface area contributed by atoms with E-state index in [0.717, 1.165) is 12.8 Å². The van der Waals surface area contributed by atoms with Crippen LogP contribution >= 0.6 is 0 Å². The van der Waals surface area contributed by atoms with E-state index in [-0.39, 0.29) is 17.5 Å². The highest BCUT2D eigenvalue weighted by atomic mass is 16.6. The van der Waals surface area contributed by atoms with E-state index in [1.807, 2.05) is 0 Å². The molecule has 0 saturated heterocycles. The van der Waals surface area contributed by atoms with Gasteiger partial charge in [-0.25, -0.2) is 0 Å². The van der Waals surface area contributed by atoms with Crippen molar-refractivity contribution in [2.24, 2.45) is 11.7 Å². The minimum Gasteiger partial charge on any atom is -0.493 e. The first-order chi connectivity index (χ1) is 10.0. The van der Waals surface area contributed by atoms with Crippen molar-refractivity contribution >= 4 is 18.0 Å². The van der Waals surface area contributed by atoms with E-state index in [0.29, 0.717) is 17.1 Å². The maximum absolute atomic E-state index is 11.6. The highest BCUT2D eigenvalue weighted by molar-refractivity contribution is 6.00. The third-order valence-electron chi connectivity index (χ3n) is 3.01. The fourth-order valence-electron chi connectivity index (χ4n) is 1.69. The van der Waals surface area contributed by atoms with Crippen LogP contribution in [0, 0.1) is 17.2 Å². The summed E-state index contributed by atoms with van der Waals surface area (Å²) in [5, 5.41) is 8.81. The number of hydrogen-bond acceptors (Lipinski definition) is 5. The molecule has 6 heteroatoms. The Kier molecular flexibility index (Phi) is 4.24. The third-order valence-corrected chi connectivity index (χ3v) is 3.01. The summed E-state index contributed by atoms with van der Waals surface area (Å²) < 4.78 is 10.4. The standard InChI is InChI=1S/C15H14N2O4/c1-20-13-7-9(6-11(8-16)14(17)18)2-5-12(13)21-15(19)10-3-4-10/h2,5-7,10H,3-4H2,1H3,(H2,17,18)/b11-6+. The summed E-state index contributed by atoms with van der Waals surface area (Å²) >= 11 is 0. The second-order valence-corrected chi connectivity index (χ2v) is 4.64. The van der Waals surface area contributed by atoms with Crippen molar-refractivity contribution in [1.29, 1.82) is 5.26 Å². The highest BCUT2D eigenvalue weighted by Crippen LogP contribution is 2.34. The lowest BCUT2D eigenvalue weighted by molar-refractivity contribution is -0.135. The zero-order chi connectivity index (χ0) is 15.4. The van der Waals surface area contributed by atoms with Crippen LogP contribution in [0.2, 0.25) is 0 Å². The lowest BCUT2D eigenvalue weighted by Crippen LogP contribution is -2.12. The molecule has 2 N–H and O–H groups in total. The number of amides is 1. The second-order valence-electron chi connectivity index (χ2n) is 4.64. The van der Waals surface area contributed by atoms with Crippen molar-refractivity contribution < 1.29 is 19.1 Å². The second kappa shape index (κ2) is 6.09. The number of primary amides is 1. The quantitative estimate of drug-likeness (QED) is 0.381. The Labute approximate surface area is 121 Å². The van der Waals surface area contributed by atoms with Gasteiger partial charge in [0.15, 0.2) is 11.5 Å². The molecule has 2 rings (SSSR count). The molecule has 0 atom stereocenters. The molecule has 1 amide bonds. The number of carbonyl (C=O) groups excluding carboxylic acids is 2. The predicted octanol–water partition coefficient (Wildman–Crippen LogP) is 1.40. The lowest BCUT2D eigenvalue weighted by atomic mass is 10.1. The van der Waals surface area contributed by atoms with Crippen LogP contribution in [0.1, 0.15) is 18.4 Å². The molecular formula is C15H14N2O4. The number of benzene rings is 1. The number of rotatable bonds is 5. The summed E-state index contributed by atoms with van der Waals surface area (Å²) in [5.41, 5.74) is 5.45. The highest BCUT2D eigenvalue weighted by Gasteiger charge is 2.32. The molecule has 0 aliphatic heterocycles. The maximum Gasteiger partial charge on any atom is 0.314 e. The van der Waals surface area contributed by atoms with Crippen LogP contribution in [0.5, 0.6) is 11.5 Å². The van der Waals surface area contributed by atoms with Gasteiger partial charge in [0.05, 0.1) is 13.0 Å². The van der Waals surface area contributed by atoms with Crippen LogP contribution in [0.15, 0.2) is 23.8 Å². The summed E-state index contributed by atoms with van der Waals surface area (Å²) in [7, 11) is 1.44. The van der Waals surface area contributed by atoms with Gasteiger partial charge in [0.25, 0.3) is 5.91 Å². The zero-order valence-corrected chi connectivity index (χ0v) is 11.5. The van der Waals surface area contributed by atoms with E-state index in [2.05, 4.69) is 0 Å². The van der Waals surface area contributed by atoms with Crippen LogP contribution in [0.25, 0.3) is 6.08 Å². The molecule has 6 nitrogen and oxygen atoms in total. The first kappa shape index (κ1) is 14.6. The molecule has 0 unspecified atom stereocenters. The van der Waals surface area contributed by atoms with Crippen LogP contribution in [0.4, 0.5) is 0 Å². The molecule has 0 heterocycles. The average molecular weight is 286 g/mol. The number of ether oxygens (including phenoxy) is 2. The summed E-state index contributed by atoms with van der Waals surface area (Å²) in [6, 6.07) is 6.45. The van der Waals surface area contributed by atoms with E-state index in [1.165, 1.54) is 13.2 Å². The third kappa shape index (κ3) is 3.60. The van der Waals surface area contributed by atoms with Gasteiger partial charge in [-0.15, -0.1) is 0 Å². The van der Waals surface area contributed by atoms with E-state index in [1.54, 1.807) is 24.3 Å². The Morgan fingerprint density at radius 1 is 1.38 bits per heavy atom. The number of esters is 1. The molecule has 0 radical (unpaired) electrons. The molecule has 1 saturated carbocycles. The first-order valence-corrected chi connectivity index (χ1v) is 6.36.